The number of aromatic nitrogens is 1. The number of nitrogens with zero attached hydrogens (tertiary/aromatic N) is 1. The highest BCUT2D eigenvalue weighted by Crippen LogP contribution is 2.31. The Kier molecular flexibility index (Phi) is 10.6. The molecule has 204 valence electrons. The van der Waals surface area contributed by atoms with E-state index in [0.29, 0.717) is 24.5 Å². The number of nitrogens with one attached hydrogen (secondary N) is 2. The highest BCUT2D eigenvalue weighted by atomic mass is 32.2. The van der Waals surface area contributed by atoms with Crippen LogP contribution in [0.5, 0.6) is 11.5 Å². The topological polar surface area (TPSA) is 89.5 Å². The van der Waals surface area contributed by atoms with E-state index in [1.165, 1.54) is 23.1 Å². The zero-order valence-corrected chi connectivity index (χ0v) is 23.8. The fourth-order valence-corrected chi connectivity index (χ4v) is 5.48. The van der Waals surface area contributed by atoms with Crippen LogP contribution in [0.15, 0.2) is 71.1 Å². The summed E-state index contributed by atoms with van der Waals surface area (Å²) >= 11 is 2.88. The van der Waals surface area contributed by atoms with Crippen molar-refractivity contribution in [3.63, 3.8) is 0 Å². The number of carbonyl (C=O) groups excluding carboxylic acids is 2. The molecule has 3 aromatic carbocycles. The van der Waals surface area contributed by atoms with Crippen LogP contribution in [-0.2, 0) is 4.79 Å². The minimum atomic E-state index is -0.189. The maximum Gasteiger partial charge on any atom is 0.255 e. The molecule has 9 heteroatoms. The third-order valence-corrected chi connectivity index (χ3v) is 7.90. The molecule has 39 heavy (non-hydrogen) atoms. The van der Waals surface area contributed by atoms with Gasteiger partial charge in [0, 0.05) is 16.9 Å². The van der Waals surface area contributed by atoms with Crippen molar-refractivity contribution in [2.75, 3.05) is 29.6 Å². The highest BCUT2D eigenvalue weighted by molar-refractivity contribution is 8.01. The Balaban J connectivity index is 1.27. The number of hydrogen-bond donors (Lipinski definition) is 2. The number of unbranched alkanes of at least 4 members (excludes halogenated alkanes) is 2. The summed E-state index contributed by atoms with van der Waals surface area (Å²) < 4.78 is 13.1. The highest BCUT2D eigenvalue weighted by Gasteiger charge is 2.11. The van der Waals surface area contributed by atoms with Gasteiger partial charge in [0.25, 0.3) is 5.91 Å². The van der Waals surface area contributed by atoms with Crippen molar-refractivity contribution in [2.45, 2.75) is 43.9 Å². The van der Waals surface area contributed by atoms with E-state index in [4.69, 9.17) is 9.47 Å². The summed E-state index contributed by atoms with van der Waals surface area (Å²) in [6.07, 6.45) is 4.18. The number of thiazole rings is 1. The molecule has 0 spiro atoms. The Bertz CT molecular complexity index is 1370. The van der Waals surface area contributed by atoms with Crippen LogP contribution in [0, 0.1) is 0 Å². The molecule has 0 atom stereocenters. The summed E-state index contributed by atoms with van der Waals surface area (Å²) in [7, 11) is 0. The van der Waals surface area contributed by atoms with E-state index in [0.717, 1.165) is 57.4 Å². The van der Waals surface area contributed by atoms with Gasteiger partial charge in [0.05, 0.1) is 29.2 Å². The van der Waals surface area contributed by atoms with Crippen molar-refractivity contribution in [1.82, 2.24) is 4.98 Å². The van der Waals surface area contributed by atoms with Gasteiger partial charge < -0.3 is 20.1 Å². The molecule has 1 heterocycles. The molecule has 0 fully saturated rings. The number of fused-ring (bicyclic) bond motifs is 1. The molecule has 0 aliphatic carbocycles. The first-order valence-electron chi connectivity index (χ1n) is 13.1. The van der Waals surface area contributed by atoms with Gasteiger partial charge in [0.2, 0.25) is 5.91 Å². The van der Waals surface area contributed by atoms with Crippen molar-refractivity contribution < 1.29 is 19.1 Å². The molecule has 0 saturated heterocycles. The van der Waals surface area contributed by atoms with Gasteiger partial charge in [0.15, 0.2) is 4.34 Å². The summed E-state index contributed by atoms with van der Waals surface area (Å²) in [6, 6.07) is 20.2. The van der Waals surface area contributed by atoms with E-state index in [1.54, 1.807) is 12.1 Å². The van der Waals surface area contributed by atoms with Gasteiger partial charge in [-0.05, 0) is 79.6 Å². The van der Waals surface area contributed by atoms with Crippen LogP contribution in [0.3, 0.4) is 0 Å². The van der Waals surface area contributed by atoms with Gasteiger partial charge in [-0.15, -0.1) is 11.3 Å². The van der Waals surface area contributed by atoms with Gasteiger partial charge in [-0.1, -0.05) is 38.5 Å². The number of carbonyl (C=O) groups is 2. The van der Waals surface area contributed by atoms with Crippen molar-refractivity contribution >= 4 is 56.5 Å². The molecule has 0 aliphatic rings. The molecule has 2 amide bonds. The van der Waals surface area contributed by atoms with Gasteiger partial charge in [-0.3, -0.25) is 9.59 Å². The first-order chi connectivity index (χ1) is 19.0. The van der Waals surface area contributed by atoms with Gasteiger partial charge in [0.1, 0.15) is 11.5 Å². The molecule has 1 aromatic heterocycles. The number of hydrogen-bond acceptors (Lipinski definition) is 7. The summed E-state index contributed by atoms with van der Waals surface area (Å²) in [5, 5.41) is 5.86. The van der Waals surface area contributed by atoms with Crippen LogP contribution in [0.25, 0.3) is 10.2 Å². The quantitative estimate of drug-likeness (QED) is 0.121. The van der Waals surface area contributed by atoms with Crippen LogP contribution >= 0.6 is 23.1 Å². The van der Waals surface area contributed by atoms with E-state index in [1.807, 2.05) is 54.6 Å². The molecular formula is C30H33N3O4S2. The van der Waals surface area contributed by atoms with Crippen LogP contribution in [-0.4, -0.2) is 35.8 Å². The van der Waals surface area contributed by atoms with Crippen molar-refractivity contribution in [3.05, 3.63) is 72.3 Å². The standard InChI is InChI=1S/C30H33N3O4S2/c1-3-5-17-36-24-12-7-21(8-13-24)29(35)32-23-11-16-26-27(19-23)39-30(33-26)38-20-28(34)31-22-9-14-25(15-10-22)37-18-6-4-2/h7-16,19H,3-6,17-18,20H2,1-2H3,(H,31,34)(H,32,35). The molecule has 4 aromatic rings. The number of anilines is 2. The van der Waals surface area contributed by atoms with Crippen LogP contribution in [0.4, 0.5) is 11.4 Å². The summed E-state index contributed by atoms with van der Waals surface area (Å²) in [6.45, 7) is 5.60. The van der Waals surface area contributed by atoms with Crippen LogP contribution in [0.1, 0.15) is 49.9 Å². The fraction of sp³-hybridized carbons (Fsp3) is 0.300. The number of thioether (sulfide) groups is 1. The lowest BCUT2D eigenvalue weighted by atomic mass is 10.2. The minimum Gasteiger partial charge on any atom is -0.494 e. The molecule has 0 radical (unpaired) electrons. The van der Waals surface area contributed by atoms with E-state index < -0.39 is 0 Å². The second-order valence-corrected chi connectivity index (χ2v) is 11.2. The van der Waals surface area contributed by atoms with E-state index >= 15 is 0 Å². The average molecular weight is 564 g/mol. The van der Waals surface area contributed by atoms with Crippen molar-refractivity contribution in [1.29, 1.82) is 0 Å². The number of amides is 2. The Morgan fingerprint density at radius 1 is 0.821 bits per heavy atom. The Hall–Kier alpha value is -3.56. The first kappa shape index (κ1) is 28.4. The number of ether oxygens (including phenoxy) is 2. The number of benzene rings is 3. The zero-order valence-electron chi connectivity index (χ0n) is 22.2. The van der Waals surface area contributed by atoms with E-state index in [9.17, 15) is 9.59 Å². The average Bonchev–Trinajstić information content (AvgIpc) is 3.36. The predicted molar refractivity (Wildman–Crippen MR) is 161 cm³/mol. The Morgan fingerprint density at radius 2 is 1.44 bits per heavy atom. The molecular weight excluding hydrogens is 530 g/mol. The molecule has 0 unspecified atom stereocenters. The smallest absolute Gasteiger partial charge is 0.255 e. The molecule has 7 nitrogen and oxygen atoms in total. The van der Waals surface area contributed by atoms with Crippen molar-refractivity contribution in [2.24, 2.45) is 0 Å². The molecule has 0 aliphatic heterocycles. The van der Waals surface area contributed by atoms with Gasteiger partial charge in [-0.25, -0.2) is 4.98 Å². The maximum absolute atomic E-state index is 12.7. The first-order valence-corrected chi connectivity index (χ1v) is 14.9. The Labute approximate surface area is 237 Å². The lowest BCUT2D eigenvalue weighted by Gasteiger charge is -2.07. The third kappa shape index (κ3) is 8.73. The lowest BCUT2D eigenvalue weighted by molar-refractivity contribution is -0.113. The molecule has 0 saturated carbocycles. The largest absolute Gasteiger partial charge is 0.494 e. The summed E-state index contributed by atoms with van der Waals surface area (Å²) in [5.74, 6) is 1.51. The van der Waals surface area contributed by atoms with Crippen LogP contribution in [0.2, 0.25) is 0 Å². The molecule has 0 bridgehead atoms. The lowest BCUT2D eigenvalue weighted by Crippen LogP contribution is -2.13. The van der Waals surface area contributed by atoms with Crippen LogP contribution < -0.4 is 20.1 Å². The fourth-order valence-electron chi connectivity index (χ4n) is 3.58. The predicted octanol–water partition coefficient (Wildman–Crippen LogP) is 7.64. The van der Waals surface area contributed by atoms with E-state index in [-0.39, 0.29) is 17.6 Å². The van der Waals surface area contributed by atoms with Crippen molar-refractivity contribution in [3.8, 4) is 11.5 Å². The zero-order chi connectivity index (χ0) is 27.5. The normalized spacial score (nSPS) is 10.8. The third-order valence-electron chi connectivity index (χ3n) is 5.74. The van der Waals surface area contributed by atoms with E-state index in [2.05, 4.69) is 29.5 Å². The minimum absolute atomic E-state index is 0.103. The Morgan fingerprint density at radius 3 is 2.08 bits per heavy atom. The maximum atomic E-state index is 12.7. The van der Waals surface area contributed by atoms with Gasteiger partial charge >= 0.3 is 0 Å². The molecule has 4 rings (SSSR count). The van der Waals surface area contributed by atoms with Gasteiger partial charge in [-0.2, -0.15) is 0 Å². The summed E-state index contributed by atoms with van der Waals surface area (Å²) in [5.41, 5.74) is 2.80. The second kappa shape index (κ2) is 14.6. The molecule has 2 N–H and O–H groups in total. The number of rotatable bonds is 14. The second-order valence-electron chi connectivity index (χ2n) is 8.91. The monoisotopic (exact) mass is 563 g/mol. The SMILES string of the molecule is CCCCOc1ccc(NC(=O)CSc2nc3ccc(NC(=O)c4ccc(OCCCC)cc4)cc3s2)cc1. The summed E-state index contributed by atoms with van der Waals surface area (Å²) in [4.78, 5) is 29.8.